The number of aliphatic hydroxyl groups is 1. The largest absolute Gasteiger partial charge is 0.387 e. The summed E-state index contributed by atoms with van der Waals surface area (Å²) in [6, 6.07) is 17.5. The molecule has 114 valence electrons. The highest BCUT2D eigenvalue weighted by Gasteiger charge is 2.13. The van der Waals surface area contributed by atoms with E-state index >= 15 is 0 Å². The van der Waals surface area contributed by atoms with Crippen molar-refractivity contribution >= 4 is 16.6 Å². The normalized spacial score (nSPS) is 11.9. The molecule has 0 aliphatic rings. The first-order chi connectivity index (χ1) is 11.2. The summed E-state index contributed by atoms with van der Waals surface area (Å²) < 4.78 is 0. The molecule has 0 saturated carbocycles. The van der Waals surface area contributed by atoms with Gasteiger partial charge in [-0.1, -0.05) is 42.5 Å². The number of nitrogens with zero attached hydrogens (tertiary/aromatic N) is 2. The van der Waals surface area contributed by atoms with Crippen LogP contribution in [0.4, 0.5) is 5.69 Å². The summed E-state index contributed by atoms with van der Waals surface area (Å²) in [6.45, 7) is 2.30. The molecule has 2 aromatic carbocycles. The second kappa shape index (κ2) is 6.47. The molecule has 0 fully saturated rings. The van der Waals surface area contributed by atoms with Gasteiger partial charge in [-0.15, -0.1) is 0 Å². The van der Waals surface area contributed by atoms with Crippen LogP contribution in [-0.4, -0.2) is 16.6 Å². The summed E-state index contributed by atoms with van der Waals surface area (Å²) >= 11 is 0. The van der Waals surface area contributed by atoms with Crippen LogP contribution in [0.25, 0.3) is 10.9 Å². The van der Waals surface area contributed by atoms with Gasteiger partial charge in [-0.3, -0.25) is 4.98 Å². The predicted molar refractivity (Wildman–Crippen MR) is 91.1 cm³/mol. The van der Waals surface area contributed by atoms with Gasteiger partial charge in [0.15, 0.2) is 0 Å². The van der Waals surface area contributed by atoms with Gasteiger partial charge in [0.05, 0.1) is 22.9 Å². The minimum atomic E-state index is -0.644. The zero-order valence-electron chi connectivity index (χ0n) is 12.8. The van der Waals surface area contributed by atoms with Crippen molar-refractivity contribution in [1.82, 2.24) is 4.98 Å². The number of pyridine rings is 1. The minimum absolute atomic E-state index is 0.327. The van der Waals surface area contributed by atoms with Crippen LogP contribution in [0.15, 0.2) is 54.7 Å². The Morgan fingerprint density at radius 1 is 1.17 bits per heavy atom. The van der Waals surface area contributed by atoms with Crippen molar-refractivity contribution < 1.29 is 5.11 Å². The summed E-state index contributed by atoms with van der Waals surface area (Å²) in [5.74, 6) is 0. The Bertz CT molecular complexity index is 883. The summed E-state index contributed by atoms with van der Waals surface area (Å²) in [4.78, 5) is 4.29. The maximum atomic E-state index is 10.4. The highest BCUT2D eigenvalue weighted by molar-refractivity contribution is 5.93. The molecule has 0 radical (unpaired) electrons. The summed E-state index contributed by atoms with van der Waals surface area (Å²) in [6.07, 6.45) is 0.917. The molecule has 4 heteroatoms. The Labute approximate surface area is 135 Å². The van der Waals surface area contributed by atoms with E-state index in [1.165, 1.54) is 0 Å². The molecule has 0 aliphatic heterocycles. The molecular weight excluding hydrogens is 286 g/mol. The number of para-hydroxylation sites is 1. The molecule has 0 bridgehead atoms. The van der Waals surface area contributed by atoms with E-state index in [1.807, 2.05) is 55.5 Å². The van der Waals surface area contributed by atoms with Crippen LogP contribution in [-0.2, 0) is 0 Å². The van der Waals surface area contributed by atoms with Crippen molar-refractivity contribution in [2.45, 2.75) is 13.0 Å². The number of benzene rings is 2. The molecule has 1 unspecified atom stereocenters. The van der Waals surface area contributed by atoms with Crippen LogP contribution in [0.1, 0.15) is 22.8 Å². The highest BCUT2D eigenvalue weighted by Crippen LogP contribution is 2.26. The van der Waals surface area contributed by atoms with Gasteiger partial charge in [0.2, 0.25) is 0 Å². The molecule has 3 rings (SSSR count). The lowest BCUT2D eigenvalue weighted by molar-refractivity contribution is 0.191. The Morgan fingerprint density at radius 3 is 2.70 bits per heavy atom. The molecule has 1 heterocycles. The van der Waals surface area contributed by atoms with Crippen molar-refractivity contribution in [3.8, 4) is 6.07 Å². The Hall–Kier alpha value is -2.90. The average Bonchev–Trinajstić information content (AvgIpc) is 2.59. The zero-order chi connectivity index (χ0) is 16.2. The molecule has 0 amide bonds. The van der Waals surface area contributed by atoms with Gasteiger partial charge in [0.1, 0.15) is 6.07 Å². The van der Waals surface area contributed by atoms with E-state index < -0.39 is 6.10 Å². The first-order valence-corrected chi connectivity index (χ1v) is 7.46. The van der Waals surface area contributed by atoms with E-state index in [9.17, 15) is 10.4 Å². The third-order valence-corrected chi connectivity index (χ3v) is 3.92. The molecular formula is C19H17N3O. The Balaban J connectivity index is 1.90. The lowest BCUT2D eigenvalue weighted by Gasteiger charge is -2.17. The number of aryl methyl sites for hydroxylation is 1. The van der Waals surface area contributed by atoms with Crippen LogP contribution in [0.5, 0.6) is 0 Å². The number of rotatable bonds is 4. The van der Waals surface area contributed by atoms with E-state index in [4.69, 9.17) is 0 Å². The number of fused-ring (bicyclic) bond motifs is 1. The van der Waals surface area contributed by atoms with E-state index in [0.717, 1.165) is 22.0 Å². The monoisotopic (exact) mass is 303 g/mol. The maximum absolute atomic E-state index is 10.4. The summed E-state index contributed by atoms with van der Waals surface area (Å²) in [5.41, 5.74) is 3.93. The number of hydrogen-bond acceptors (Lipinski definition) is 4. The molecule has 0 aliphatic carbocycles. The lowest BCUT2D eigenvalue weighted by Crippen LogP contribution is -2.14. The second-order valence-electron chi connectivity index (χ2n) is 5.43. The van der Waals surface area contributed by atoms with Crippen molar-refractivity contribution in [1.29, 1.82) is 5.26 Å². The fourth-order valence-electron chi connectivity index (χ4n) is 2.69. The number of anilines is 1. The molecule has 0 spiro atoms. The van der Waals surface area contributed by atoms with Gasteiger partial charge < -0.3 is 10.4 Å². The summed E-state index contributed by atoms with van der Waals surface area (Å²) in [7, 11) is 0. The average molecular weight is 303 g/mol. The SMILES string of the molecule is Cc1ccccc1C(O)CNc1c(C#N)cnc2ccccc12. The van der Waals surface area contributed by atoms with Crippen LogP contribution in [0.3, 0.4) is 0 Å². The van der Waals surface area contributed by atoms with Gasteiger partial charge in [0.25, 0.3) is 0 Å². The first kappa shape index (κ1) is 15.0. The van der Waals surface area contributed by atoms with E-state index in [-0.39, 0.29) is 0 Å². The van der Waals surface area contributed by atoms with Crippen LogP contribution in [0.2, 0.25) is 0 Å². The standard InChI is InChI=1S/C19H17N3O/c1-13-6-2-3-7-15(13)18(23)12-22-19-14(10-20)11-21-17-9-5-4-8-16(17)19/h2-9,11,18,23H,12H2,1H3,(H,21,22). The quantitative estimate of drug-likeness (QED) is 0.773. The number of hydrogen-bond donors (Lipinski definition) is 2. The molecule has 23 heavy (non-hydrogen) atoms. The van der Waals surface area contributed by atoms with Crippen molar-refractivity contribution in [2.75, 3.05) is 11.9 Å². The Morgan fingerprint density at radius 2 is 1.91 bits per heavy atom. The Kier molecular flexibility index (Phi) is 4.22. The van der Waals surface area contributed by atoms with Gasteiger partial charge in [-0.2, -0.15) is 5.26 Å². The highest BCUT2D eigenvalue weighted by atomic mass is 16.3. The third kappa shape index (κ3) is 3.01. The van der Waals surface area contributed by atoms with Crippen molar-refractivity contribution in [3.63, 3.8) is 0 Å². The molecule has 1 atom stereocenters. The molecule has 1 aromatic heterocycles. The van der Waals surface area contributed by atoms with Crippen molar-refractivity contribution in [3.05, 3.63) is 71.4 Å². The number of nitriles is 1. The van der Waals surface area contributed by atoms with Crippen LogP contribution < -0.4 is 5.32 Å². The fraction of sp³-hybridized carbons (Fsp3) is 0.158. The summed E-state index contributed by atoms with van der Waals surface area (Å²) in [5, 5.41) is 23.8. The van der Waals surface area contributed by atoms with Crippen LogP contribution in [0, 0.1) is 18.3 Å². The van der Waals surface area contributed by atoms with Gasteiger partial charge >= 0.3 is 0 Å². The molecule has 4 nitrogen and oxygen atoms in total. The molecule has 0 saturated heterocycles. The smallest absolute Gasteiger partial charge is 0.103 e. The third-order valence-electron chi connectivity index (χ3n) is 3.92. The number of aromatic nitrogens is 1. The van der Waals surface area contributed by atoms with E-state index in [2.05, 4.69) is 16.4 Å². The minimum Gasteiger partial charge on any atom is -0.387 e. The number of aliphatic hydroxyl groups excluding tert-OH is 1. The van der Waals surface area contributed by atoms with Gasteiger partial charge in [-0.25, -0.2) is 0 Å². The van der Waals surface area contributed by atoms with E-state index in [0.29, 0.717) is 17.8 Å². The fourth-order valence-corrected chi connectivity index (χ4v) is 2.69. The predicted octanol–water partition coefficient (Wildman–Crippen LogP) is 3.56. The molecule has 3 aromatic rings. The van der Waals surface area contributed by atoms with Crippen LogP contribution >= 0.6 is 0 Å². The number of nitrogens with one attached hydrogen (secondary N) is 1. The van der Waals surface area contributed by atoms with Gasteiger partial charge in [0, 0.05) is 18.1 Å². The zero-order valence-corrected chi connectivity index (χ0v) is 12.8. The topological polar surface area (TPSA) is 68.9 Å². The first-order valence-electron chi connectivity index (χ1n) is 7.46. The van der Waals surface area contributed by atoms with Crippen molar-refractivity contribution in [2.24, 2.45) is 0 Å². The maximum Gasteiger partial charge on any atom is 0.103 e. The second-order valence-corrected chi connectivity index (χ2v) is 5.43. The van der Waals surface area contributed by atoms with E-state index in [1.54, 1.807) is 6.20 Å². The van der Waals surface area contributed by atoms with Gasteiger partial charge in [-0.05, 0) is 24.1 Å². The molecule has 2 N–H and O–H groups in total. The lowest BCUT2D eigenvalue weighted by atomic mass is 10.0.